The molecule has 1 aromatic rings. The van der Waals surface area contributed by atoms with E-state index in [2.05, 4.69) is 17.1 Å². The van der Waals surface area contributed by atoms with E-state index in [1.807, 2.05) is 17.0 Å². The van der Waals surface area contributed by atoms with Gasteiger partial charge in [0.05, 0.1) is 6.54 Å². The number of rotatable bonds is 5. The number of piperazine rings is 1. The number of ketones is 1. The van der Waals surface area contributed by atoms with Crippen molar-refractivity contribution < 1.29 is 9.59 Å². The molecule has 0 aliphatic carbocycles. The molecule has 1 fully saturated rings. The van der Waals surface area contributed by atoms with E-state index in [-0.39, 0.29) is 18.2 Å². The minimum atomic E-state index is 0.0284. The third-order valence-corrected chi connectivity index (χ3v) is 3.89. The summed E-state index contributed by atoms with van der Waals surface area (Å²) < 4.78 is 0. The van der Waals surface area contributed by atoms with Gasteiger partial charge in [0, 0.05) is 37.4 Å². The summed E-state index contributed by atoms with van der Waals surface area (Å²) in [6.07, 6.45) is 0. The van der Waals surface area contributed by atoms with Gasteiger partial charge in [-0.05, 0) is 25.6 Å². The Morgan fingerprint density at radius 1 is 1.19 bits per heavy atom. The SMILES string of the molecule is CCN1CCN(C(=O)CNc2cccc(C(C)=O)c2)CC1. The zero-order chi connectivity index (χ0) is 15.2. The number of anilines is 1. The number of hydrogen-bond donors (Lipinski definition) is 1. The topological polar surface area (TPSA) is 52.6 Å². The average Bonchev–Trinajstić information content (AvgIpc) is 2.53. The number of amides is 1. The smallest absolute Gasteiger partial charge is 0.241 e. The molecule has 21 heavy (non-hydrogen) atoms. The van der Waals surface area contributed by atoms with E-state index in [1.54, 1.807) is 12.1 Å². The van der Waals surface area contributed by atoms with Gasteiger partial charge in [0.25, 0.3) is 0 Å². The standard InChI is InChI=1S/C16H23N3O2/c1-3-18-7-9-19(10-8-18)16(21)12-17-15-6-4-5-14(11-15)13(2)20/h4-6,11,17H,3,7-10,12H2,1-2H3. The van der Waals surface area contributed by atoms with Crippen molar-refractivity contribution in [1.82, 2.24) is 9.80 Å². The third-order valence-electron chi connectivity index (χ3n) is 3.89. The summed E-state index contributed by atoms with van der Waals surface area (Å²) in [6.45, 7) is 8.47. The van der Waals surface area contributed by atoms with Crippen molar-refractivity contribution in [2.45, 2.75) is 13.8 Å². The number of carbonyl (C=O) groups is 2. The van der Waals surface area contributed by atoms with Crippen LogP contribution in [0.15, 0.2) is 24.3 Å². The first-order valence-corrected chi connectivity index (χ1v) is 7.45. The normalized spacial score (nSPS) is 15.8. The summed E-state index contributed by atoms with van der Waals surface area (Å²) in [5.41, 5.74) is 1.47. The number of nitrogens with zero attached hydrogens (tertiary/aromatic N) is 2. The van der Waals surface area contributed by atoms with E-state index in [0.717, 1.165) is 38.4 Å². The zero-order valence-corrected chi connectivity index (χ0v) is 12.8. The molecule has 5 heteroatoms. The highest BCUT2D eigenvalue weighted by atomic mass is 16.2. The number of carbonyl (C=O) groups excluding carboxylic acids is 2. The fraction of sp³-hybridized carbons (Fsp3) is 0.500. The van der Waals surface area contributed by atoms with Gasteiger partial charge in [-0.1, -0.05) is 19.1 Å². The minimum Gasteiger partial charge on any atom is -0.376 e. The number of likely N-dealkylation sites (N-methyl/N-ethyl adjacent to an activating group) is 1. The van der Waals surface area contributed by atoms with Crippen LogP contribution in [0.2, 0.25) is 0 Å². The highest BCUT2D eigenvalue weighted by molar-refractivity contribution is 5.95. The van der Waals surface area contributed by atoms with Crippen LogP contribution in [0.25, 0.3) is 0 Å². The summed E-state index contributed by atoms with van der Waals surface area (Å²) in [4.78, 5) is 27.7. The summed E-state index contributed by atoms with van der Waals surface area (Å²) in [5, 5.41) is 3.11. The van der Waals surface area contributed by atoms with Crippen LogP contribution in [0.1, 0.15) is 24.2 Å². The Labute approximate surface area is 125 Å². The first-order chi connectivity index (χ1) is 10.1. The van der Waals surface area contributed by atoms with Crippen LogP contribution in [-0.2, 0) is 4.79 Å². The summed E-state index contributed by atoms with van der Waals surface area (Å²) >= 11 is 0. The van der Waals surface area contributed by atoms with E-state index in [1.165, 1.54) is 6.92 Å². The highest BCUT2D eigenvalue weighted by Gasteiger charge is 2.19. The molecule has 1 amide bonds. The summed E-state index contributed by atoms with van der Waals surface area (Å²) in [5.74, 6) is 0.139. The van der Waals surface area contributed by atoms with Gasteiger partial charge in [-0.2, -0.15) is 0 Å². The van der Waals surface area contributed by atoms with Gasteiger partial charge < -0.3 is 15.1 Å². The molecule has 1 saturated heterocycles. The highest BCUT2D eigenvalue weighted by Crippen LogP contribution is 2.11. The van der Waals surface area contributed by atoms with Crippen molar-refractivity contribution >= 4 is 17.4 Å². The Bertz CT molecular complexity index is 508. The van der Waals surface area contributed by atoms with Crippen LogP contribution >= 0.6 is 0 Å². The second-order valence-corrected chi connectivity index (χ2v) is 5.31. The first-order valence-electron chi connectivity index (χ1n) is 7.45. The molecule has 0 bridgehead atoms. The predicted molar refractivity (Wildman–Crippen MR) is 83.6 cm³/mol. The molecule has 114 valence electrons. The van der Waals surface area contributed by atoms with E-state index >= 15 is 0 Å². The molecule has 0 atom stereocenters. The Morgan fingerprint density at radius 2 is 1.90 bits per heavy atom. The maximum atomic E-state index is 12.2. The molecule has 0 radical (unpaired) electrons. The molecule has 1 heterocycles. The number of benzene rings is 1. The molecule has 5 nitrogen and oxygen atoms in total. The van der Waals surface area contributed by atoms with Gasteiger partial charge >= 0.3 is 0 Å². The summed E-state index contributed by atoms with van der Waals surface area (Å²) in [6, 6.07) is 7.25. The second-order valence-electron chi connectivity index (χ2n) is 5.31. The van der Waals surface area contributed by atoms with Crippen LogP contribution in [0.5, 0.6) is 0 Å². The van der Waals surface area contributed by atoms with Crippen molar-refractivity contribution in [3.8, 4) is 0 Å². The minimum absolute atomic E-state index is 0.0284. The van der Waals surface area contributed by atoms with Crippen molar-refractivity contribution in [2.24, 2.45) is 0 Å². The van der Waals surface area contributed by atoms with Crippen LogP contribution in [0, 0.1) is 0 Å². The molecule has 1 aliphatic rings. The van der Waals surface area contributed by atoms with E-state index in [0.29, 0.717) is 5.56 Å². The third kappa shape index (κ3) is 4.29. The average molecular weight is 289 g/mol. The van der Waals surface area contributed by atoms with Gasteiger partial charge in [0.1, 0.15) is 0 Å². The Morgan fingerprint density at radius 3 is 2.52 bits per heavy atom. The van der Waals surface area contributed by atoms with E-state index < -0.39 is 0 Å². The fourth-order valence-electron chi connectivity index (χ4n) is 2.45. The number of Topliss-reactive ketones (excluding diaryl/α,β-unsaturated/α-hetero) is 1. The molecule has 0 spiro atoms. The van der Waals surface area contributed by atoms with Crippen molar-refractivity contribution in [3.05, 3.63) is 29.8 Å². The second kappa shape index (κ2) is 7.22. The quantitative estimate of drug-likeness (QED) is 0.834. The predicted octanol–water partition coefficient (Wildman–Crippen LogP) is 1.47. The molecular formula is C16H23N3O2. The molecular weight excluding hydrogens is 266 g/mol. The Hall–Kier alpha value is -1.88. The monoisotopic (exact) mass is 289 g/mol. The molecule has 2 rings (SSSR count). The van der Waals surface area contributed by atoms with E-state index in [9.17, 15) is 9.59 Å². The maximum absolute atomic E-state index is 12.2. The molecule has 1 N–H and O–H groups in total. The largest absolute Gasteiger partial charge is 0.376 e. The number of nitrogens with one attached hydrogen (secondary N) is 1. The molecule has 0 saturated carbocycles. The molecule has 0 aromatic heterocycles. The number of hydrogen-bond acceptors (Lipinski definition) is 4. The lowest BCUT2D eigenvalue weighted by Crippen LogP contribution is -2.49. The lowest BCUT2D eigenvalue weighted by molar-refractivity contribution is -0.131. The van der Waals surface area contributed by atoms with Crippen LogP contribution in [0.3, 0.4) is 0 Å². The molecule has 1 aliphatic heterocycles. The maximum Gasteiger partial charge on any atom is 0.241 e. The zero-order valence-electron chi connectivity index (χ0n) is 12.8. The van der Waals surface area contributed by atoms with Gasteiger partial charge in [0.15, 0.2) is 5.78 Å². The van der Waals surface area contributed by atoms with Crippen molar-refractivity contribution in [1.29, 1.82) is 0 Å². The van der Waals surface area contributed by atoms with Crippen molar-refractivity contribution in [2.75, 3.05) is 44.6 Å². The Kier molecular flexibility index (Phi) is 5.33. The summed E-state index contributed by atoms with van der Waals surface area (Å²) in [7, 11) is 0. The van der Waals surface area contributed by atoms with Gasteiger partial charge in [-0.15, -0.1) is 0 Å². The van der Waals surface area contributed by atoms with E-state index in [4.69, 9.17) is 0 Å². The van der Waals surface area contributed by atoms with Crippen LogP contribution in [0.4, 0.5) is 5.69 Å². The van der Waals surface area contributed by atoms with Crippen molar-refractivity contribution in [3.63, 3.8) is 0 Å². The van der Waals surface area contributed by atoms with Gasteiger partial charge in [-0.25, -0.2) is 0 Å². The fourth-order valence-corrected chi connectivity index (χ4v) is 2.45. The lowest BCUT2D eigenvalue weighted by atomic mass is 10.1. The van der Waals surface area contributed by atoms with Crippen LogP contribution in [-0.4, -0.2) is 60.8 Å². The Balaban J connectivity index is 1.84. The first kappa shape index (κ1) is 15.5. The van der Waals surface area contributed by atoms with Crippen LogP contribution < -0.4 is 5.32 Å². The lowest BCUT2D eigenvalue weighted by Gasteiger charge is -2.34. The van der Waals surface area contributed by atoms with Gasteiger partial charge in [-0.3, -0.25) is 9.59 Å². The molecule has 1 aromatic carbocycles. The molecule has 0 unspecified atom stereocenters. The van der Waals surface area contributed by atoms with Gasteiger partial charge in [0.2, 0.25) is 5.91 Å².